The maximum Gasteiger partial charge on any atom is 0.255 e. The third-order valence-electron chi connectivity index (χ3n) is 7.06. The van der Waals surface area contributed by atoms with Crippen LogP contribution in [0.25, 0.3) is 0 Å². The molecule has 2 fully saturated rings. The zero-order valence-corrected chi connectivity index (χ0v) is 20.6. The van der Waals surface area contributed by atoms with Crippen molar-refractivity contribution in [3.63, 3.8) is 0 Å². The second-order valence-electron chi connectivity index (χ2n) is 9.20. The summed E-state index contributed by atoms with van der Waals surface area (Å²) in [7, 11) is 1.73. The Bertz CT molecular complexity index is 997. The van der Waals surface area contributed by atoms with E-state index in [9.17, 15) is 9.18 Å². The SMILES string of the molecule is CO[C@@H]1COCC[C@@H]1NC1CCN(C(=O)c2cncc(CCc3ccc(Cl)c(F)c3)c2C)CC1. The summed E-state index contributed by atoms with van der Waals surface area (Å²) in [6, 6.07) is 5.54. The fourth-order valence-corrected chi connectivity index (χ4v) is 4.98. The van der Waals surface area contributed by atoms with Crippen LogP contribution in [0, 0.1) is 12.7 Å². The highest BCUT2D eigenvalue weighted by molar-refractivity contribution is 6.30. The van der Waals surface area contributed by atoms with E-state index in [4.69, 9.17) is 21.1 Å². The summed E-state index contributed by atoms with van der Waals surface area (Å²) in [4.78, 5) is 19.6. The molecule has 1 amide bonds. The lowest BCUT2D eigenvalue weighted by Crippen LogP contribution is -2.54. The number of piperidine rings is 1. The van der Waals surface area contributed by atoms with Crippen molar-refractivity contribution in [3.05, 3.63) is 63.7 Å². The summed E-state index contributed by atoms with van der Waals surface area (Å²) in [5.74, 6) is -0.380. The van der Waals surface area contributed by atoms with E-state index < -0.39 is 5.82 Å². The molecule has 6 nitrogen and oxygen atoms in total. The molecule has 2 aromatic rings. The molecular formula is C26H33ClFN3O3. The van der Waals surface area contributed by atoms with Crippen LogP contribution in [0.3, 0.4) is 0 Å². The quantitative estimate of drug-likeness (QED) is 0.637. The number of aromatic nitrogens is 1. The van der Waals surface area contributed by atoms with E-state index in [1.54, 1.807) is 25.6 Å². The van der Waals surface area contributed by atoms with Crippen LogP contribution in [-0.2, 0) is 22.3 Å². The van der Waals surface area contributed by atoms with Crippen LogP contribution in [-0.4, -0.2) is 67.4 Å². The van der Waals surface area contributed by atoms with Gasteiger partial charge in [0.15, 0.2) is 0 Å². The molecule has 34 heavy (non-hydrogen) atoms. The van der Waals surface area contributed by atoms with E-state index in [0.717, 1.165) is 42.6 Å². The third kappa shape index (κ3) is 5.95. The Morgan fingerprint density at radius 1 is 1.26 bits per heavy atom. The number of carbonyl (C=O) groups excluding carboxylic acids is 1. The molecule has 4 rings (SSSR count). The highest BCUT2D eigenvalue weighted by Gasteiger charge is 2.30. The molecule has 184 valence electrons. The van der Waals surface area contributed by atoms with Crippen LogP contribution in [0.4, 0.5) is 4.39 Å². The first-order valence-corrected chi connectivity index (χ1v) is 12.4. The minimum absolute atomic E-state index is 0.0312. The molecule has 1 N–H and O–H groups in total. The average Bonchev–Trinajstić information content (AvgIpc) is 2.86. The van der Waals surface area contributed by atoms with E-state index in [1.807, 2.05) is 17.9 Å². The summed E-state index contributed by atoms with van der Waals surface area (Å²) in [6.45, 7) is 4.78. The van der Waals surface area contributed by atoms with Crippen molar-refractivity contribution in [2.75, 3.05) is 33.4 Å². The van der Waals surface area contributed by atoms with Gasteiger partial charge in [-0.15, -0.1) is 0 Å². The van der Waals surface area contributed by atoms with Gasteiger partial charge in [-0.3, -0.25) is 9.78 Å². The first kappa shape index (κ1) is 25.0. The van der Waals surface area contributed by atoms with Gasteiger partial charge in [0.25, 0.3) is 5.91 Å². The molecule has 0 saturated carbocycles. The number of hydrogen-bond acceptors (Lipinski definition) is 5. The van der Waals surface area contributed by atoms with Gasteiger partial charge in [-0.1, -0.05) is 17.7 Å². The molecule has 3 heterocycles. The summed E-state index contributed by atoms with van der Waals surface area (Å²) in [5, 5.41) is 3.85. The van der Waals surface area contributed by atoms with Gasteiger partial charge < -0.3 is 19.7 Å². The Hall–Kier alpha value is -2.06. The third-order valence-corrected chi connectivity index (χ3v) is 7.36. The van der Waals surface area contributed by atoms with Crippen molar-refractivity contribution in [3.8, 4) is 0 Å². The van der Waals surface area contributed by atoms with Gasteiger partial charge in [0.1, 0.15) is 5.82 Å². The maximum atomic E-state index is 13.7. The smallest absolute Gasteiger partial charge is 0.255 e. The lowest BCUT2D eigenvalue weighted by atomic mass is 9.97. The first-order chi connectivity index (χ1) is 16.5. The lowest BCUT2D eigenvalue weighted by molar-refractivity contribution is -0.0533. The number of methoxy groups -OCH3 is 1. The second kappa shape index (κ2) is 11.6. The van der Waals surface area contributed by atoms with Crippen molar-refractivity contribution in [2.45, 2.75) is 57.2 Å². The predicted molar refractivity (Wildman–Crippen MR) is 130 cm³/mol. The number of nitrogens with zero attached hydrogens (tertiary/aromatic N) is 2. The van der Waals surface area contributed by atoms with Gasteiger partial charge >= 0.3 is 0 Å². The molecule has 0 unspecified atom stereocenters. The number of nitrogens with one attached hydrogen (secondary N) is 1. The summed E-state index contributed by atoms with van der Waals surface area (Å²) >= 11 is 5.78. The van der Waals surface area contributed by atoms with E-state index in [2.05, 4.69) is 10.3 Å². The average molecular weight is 490 g/mol. The van der Waals surface area contributed by atoms with Crippen molar-refractivity contribution in [2.24, 2.45) is 0 Å². The van der Waals surface area contributed by atoms with Gasteiger partial charge in [-0.25, -0.2) is 4.39 Å². The van der Waals surface area contributed by atoms with Crippen LogP contribution >= 0.6 is 11.6 Å². The lowest BCUT2D eigenvalue weighted by Gasteiger charge is -2.38. The molecule has 0 bridgehead atoms. The highest BCUT2D eigenvalue weighted by Crippen LogP contribution is 2.22. The number of ether oxygens (including phenoxy) is 2. The van der Waals surface area contributed by atoms with Gasteiger partial charge in [-0.2, -0.15) is 0 Å². The van der Waals surface area contributed by atoms with Crippen LogP contribution in [0.15, 0.2) is 30.6 Å². The summed E-state index contributed by atoms with van der Waals surface area (Å²) in [6.07, 6.45) is 7.64. The molecule has 0 radical (unpaired) electrons. The Kier molecular flexibility index (Phi) is 8.53. The van der Waals surface area contributed by atoms with Crippen molar-refractivity contribution in [1.82, 2.24) is 15.2 Å². The van der Waals surface area contributed by atoms with E-state index >= 15 is 0 Å². The molecular weight excluding hydrogens is 457 g/mol. The Morgan fingerprint density at radius 2 is 2.06 bits per heavy atom. The molecule has 0 spiro atoms. The fourth-order valence-electron chi connectivity index (χ4n) is 4.87. The molecule has 1 aromatic heterocycles. The fraction of sp³-hybridized carbons (Fsp3) is 0.538. The zero-order chi connectivity index (χ0) is 24.1. The number of likely N-dealkylation sites (tertiary alicyclic amines) is 1. The van der Waals surface area contributed by atoms with E-state index in [0.29, 0.717) is 50.2 Å². The first-order valence-electron chi connectivity index (χ1n) is 12.0. The number of carbonyl (C=O) groups is 1. The van der Waals surface area contributed by atoms with Gasteiger partial charge in [-0.05, 0) is 67.9 Å². The van der Waals surface area contributed by atoms with Crippen molar-refractivity contribution < 1.29 is 18.7 Å². The number of pyridine rings is 1. The maximum absolute atomic E-state index is 13.7. The largest absolute Gasteiger partial charge is 0.379 e. The topological polar surface area (TPSA) is 63.7 Å². The van der Waals surface area contributed by atoms with Crippen LogP contribution in [0.1, 0.15) is 46.3 Å². The summed E-state index contributed by atoms with van der Waals surface area (Å²) in [5.41, 5.74) is 3.46. The molecule has 2 aliphatic rings. The van der Waals surface area contributed by atoms with Crippen LogP contribution in [0.2, 0.25) is 5.02 Å². The normalized spacial score (nSPS) is 21.6. The van der Waals surface area contributed by atoms with E-state index in [-0.39, 0.29) is 17.0 Å². The molecule has 2 atom stereocenters. The number of rotatable bonds is 7. The number of aryl methyl sites for hydroxylation is 2. The zero-order valence-electron chi connectivity index (χ0n) is 19.9. The van der Waals surface area contributed by atoms with Crippen molar-refractivity contribution in [1.29, 1.82) is 0 Å². The molecule has 1 aromatic carbocycles. The number of hydrogen-bond donors (Lipinski definition) is 1. The summed E-state index contributed by atoms with van der Waals surface area (Å²) < 4.78 is 24.8. The molecule has 0 aliphatic carbocycles. The Labute approximate surface area is 205 Å². The number of halogens is 2. The second-order valence-corrected chi connectivity index (χ2v) is 9.60. The highest BCUT2D eigenvalue weighted by atomic mass is 35.5. The van der Waals surface area contributed by atoms with Crippen LogP contribution < -0.4 is 5.32 Å². The van der Waals surface area contributed by atoms with Crippen molar-refractivity contribution >= 4 is 17.5 Å². The minimum atomic E-state index is -0.412. The number of amides is 1. The van der Waals surface area contributed by atoms with Gasteiger partial charge in [0.2, 0.25) is 0 Å². The molecule has 8 heteroatoms. The van der Waals surface area contributed by atoms with Gasteiger partial charge in [0.05, 0.1) is 23.3 Å². The minimum Gasteiger partial charge on any atom is -0.379 e. The Balaban J connectivity index is 1.33. The number of benzene rings is 1. The standard InChI is InChI=1S/C26H33ClFN3O3/c1-17-19(5-3-18-4-6-22(27)23(28)13-18)14-29-15-21(17)26(32)31-10-7-20(8-11-31)30-24-9-12-34-16-25(24)33-2/h4,6,13-15,20,24-25,30H,3,5,7-12,16H2,1-2H3/t24-,25+/m0/s1. The molecule has 2 saturated heterocycles. The molecule has 2 aliphatic heterocycles. The predicted octanol–water partition coefficient (Wildman–Crippen LogP) is 3.97. The Morgan fingerprint density at radius 3 is 2.79 bits per heavy atom. The van der Waals surface area contributed by atoms with E-state index in [1.165, 1.54) is 6.07 Å². The van der Waals surface area contributed by atoms with Gasteiger partial charge in [0, 0.05) is 51.3 Å². The van der Waals surface area contributed by atoms with Crippen LogP contribution in [0.5, 0.6) is 0 Å². The monoisotopic (exact) mass is 489 g/mol.